The molecule has 0 saturated carbocycles. The first kappa shape index (κ1) is 13.8. The molecule has 2 aliphatic rings. The van der Waals surface area contributed by atoms with Crippen LogP contribution in [0.25, 0.3) is 0 Å². The maximum absolute atomic E-state index is 8.50. The fourth-order valence-electron chi connectivity index (χ4n) is 2.95. The van der Waals surface area contributed by atoms with E-state index >= 15 is 0 Å². The number of ether oxygens (including phenoxy) is 1. The number of unbranched alkanes of at least 4 members (excludes halogenated alkanes) is 2. The van der Waals surface area contributed by atoms with Gasteiger partial charge in [-0.2, -0.15) is 5.26 Å². The van der Waals surface area contributed by atoms with Gasteiger partial charge in [0, 0.05) is 32.6 Å². The standard InChI is InChI=1S/C14H25N3O/c15-5-2-1-3-6-16-7-4-14(12-16)13-17-8-10-18-11-9-17/h14H,1-4,6-13H2/t14-/m0/s1. The lowest BCUT2D eigenvalue weighted by Crippen LogP contribution is -2.39. The van der Waals surface area contributed by atoms with Gasteiger partial charge in [0.2, 0.25) is 0 Å². The quantitative estimate of drug-likeness (QED) is 0.668. The maximum Gasteiger partial charge on any atom is 0.0621 e. The molecule has 18 heavy (non-hydrogen) atoms. The highest BCUT2D eigenvalue weighted by Crippen LogP contribution is 2.18. The number of nitrogens with zero attached hydrogens (tertiary/aromatic N) is 3. The molecule has 2 rings (SSSR count). The van der Waals surface area contributed by atoms with Gasteiger partial charge in [0.25, 0.3) is 0 Å². The summed E-state index contributed by atoms with van der Waals surface area (Å²) in [6, 6.07) is 2.22. The second kappa shape index (κ2) is 7.73. The van der Waals surface area contributed by atoms with Crippen LogP contribution in [-0.4, -0.2) is 62.3 Å². The second-order valence-electron chi connectivity index (χ2n) is 5.48. The molecule has 102 valence electrons. The zero-order valence-corrected chi connectivity index (χ0v) is 11.3. The molecular formula is C14H25N3O. The van der Waals surface area contributed by atoms with Crippen molar-refractivity contribution in [2.45, 2.75) is 25.7 Å². The van der Waals surface area contributed by atoms with E-state index in [1.807, 2.05) is 0 Å². The molecule has 0 N–H and O–H groups in total. The second-order valence-corrected chi connectivity index (χ2v) is 5.48. The number of hydrogen-bond donors (Lipinski definition) is 0. The molecule has 4 nitrogen and oxygen atoms in total. The summed E-state index contributed by atoms with van der Waals surface area (Å²) in [7, 11) is 0. The molecule has 1 atom stereocenters. The summed E-state index contributed by atoms with van der Waals surface area (Å²) in [5, 5.41) is 8.50. The first-order valence-electron chi connectivity index (χ1n) is 7.28. The molecule has 0 aromatic carbocycles. The first-order valence-corrected chi connectivity index (χ1v) is 7.28. The zero-order chi connectivity index (χ0) is 12.6. The Bertz CT molecular complexity index is 271. The topological polar surface area (TPSA) is 39.5 Å². The van der Waals surface area contributed by atoms with Crippen LogP contribution in [-0.2, 0) is 4.74 Å². The van der Waals surface area contributed by atoms with E-state index in [0.717, 1.165) is 38.6 Å². The van der Waals surface area contributed by atoms with Crippen LogP contribution >= 0.6 is 0 Å². The SMILES string of the molecule is N#CCCCCN1CC[C@H](CN2CCOCC2)C1. The average Bonchev–Trinajstić information content (AvgIpc) is 2.84. The lowest BCUT2D eigenvalue weighted by atomic mass is 10.1. The largest absolute Gasteiger partial charge is 0.379 e. The minimum Gasteiger partial charge on any atom is -0.379 e. The number of hydrogen-bond acceptors (Lipinski definition) is 4. The Hall–Kier alpha value is -0.630. The fraction of sp³-hybridized carbons (Fsp3) is 0.929. The molecule has 2 saturated heterocycles. The molecule has 0 unspecified atom stereocenters. The number of likely N-dealkylation sites (tertiary alicyclic amines) is 1. The lowest BCUT2D eigenvalue weighted by Gasteiger charge is -2.29. The van der Waals surface area contributed by atoms with E-state index in [2.05, 4.69) is 15.9 Å². The molecular weight excluding hydrogens is 226 g/mol. The van der Waals surface area contributed by atoms with Gasteiger partial charge in [-0.1, -0.05) is 0 Å². The van der Waals surface area contributed by atoms with Crippen molar-refractivity contribution < 1.29 is 4.74 Å². The van der Waals surface area contributed by atoms with Crippen LogP contribution in [0.5, 0.6) is 0 Å². The van der Waals surface area contributed by atoms with E-state index in [9.17, 15) is 0 Å². The highest BCUT2D eigenvalue weighted by molar-refractivity contribution is 4.79. The molecule has 4 heteroatoms. The average molecular weight is 251 g/mol. The van der Waals surface area contributed by atoms with Gasteiger partial charge in [0.15, 0.2) is 0 Å². The minimum atomic E-state index is 0.713. The Kier molecular flexibility index (Phi) is 5.92. The summed E-state index contributed by atoms with van der Waals surface area (Å²) < 4.78 is 5.38. The maximum atomic E-state index is 8.50. The van der Waals surface area contributed by atoms with Crippen LogP contribution < -0.4 is 0 Å². The van der Waals surface area contributed by atoms with Crippen molar-refractivity contribution in [3.63, 3.8) is 0 Å². The normalized spacial score (nSPS) is 26.3. The zero-order valence-electron chi connectivity index (χ0n) is 11.3. The number of rotatable bonds is 6. The molecule has 0 aromatic rings. The van der Waals surface area contributed by atoms with Crippen LogP contribution in [0.2, 0.25) is 0 Å². The van der Waals surface area contributed by atoms with E-state index in [0.29, 0.717) is 6.42 Å². The molecule has 0 aliphatic carbocycles. The molecule has 2 heterocycles. The van der Waals surface area contributed by atoms with Crippen LogP contribution in [0.1, 0.15) is 25.7 Å². The van der Waals surface area contributed by atoms with E-state index in [1.165, 1.54) is 39.0 Å². The predicted molar refractivity (Wildman–Crippen MR) is 71.3 cm³/mol. The number of nitriles is 1. The highest BCUT2D eigenvalue weighted by atomic mass is 16.5. The van der Waals surface area contributed by atoms with Crippen molar-refractivity contribution in [3.8, 4) is 6.07 Å². The number of morpholine rings is 1. The van der Waals surface area contributed by atoms with Crippen molar-refractivity contribution >= 4 is 0 Å². The molecule has 0 bridgehead atoms. The van der Waals surface area contributed by atoms with Crippen molar-refractivity contribution in [2.75, 3.05) is 52.5 Å². The van der Waals surface area contributed by atoms with Crippen LogP contribution in [0.4, 0.5) is 0 Å². The molecule has 0 amide bonds. The Morgan fingerprint density at radius 3 is 2.72 bits per heavy atom. The molecule has 2 aliphatic heterocycles. The Labute approximate surface area is 110 Å². The van der Waals surface area contributed by atoms with Gasteiger partial charge in [-0.15, -0.1) is 0 Å². The summed E-state index contributed by atoms with van der Waals surface area (Å²) in [5.41, 5.74) is 0. The van der Waals surface area contributed by atoms with E-state index in [1.54, 1.807) is 0 Å². The Morgan fingerprint density at radius 1 is 1.11 bits per heavy atom. The van der Waals surface area contributed by atoms with Gasteiger partial charge >= 0.3 is 0 Å². The predicted octanol–water partition coefficient (Wildman–Crippen LogP) is 1.33. The summed E-state index contributed by atoms with van der Waals surface area (Å²) >= 11 is 0. The van der Waals surface area contributed by atoms with Gasteiger partial charge in [-0.25, -0.2) is 0 Å². The fourth-order valence-corrected chi connectivity index (χ4v) is 2.95. The Morgan fingerprint density at radius 2 is 1.94 bits per heavy atom. The molecule has 2 fully saturated rings. The van der Waals surface area contributed by atoms with Crippen molar-refractivity contribution in [3.05, 3.63) is 0 Å². The summed E-state index contributed by atoms with van der Waals surface area (Å²) in [4.78, 5) is 5.12. The van der Waals surface area contributed by atoms with Crippen molar-refractivity contribution in [1.82, 2.24) is 9.80 Å². The van der Waals surface area contributed by atoms with Crippen LogP contribution in [0.3, 0.4) is 0 Å². The van der Waals surface area contributed by atoms with Crippen LogP contribution in [0.15, 0.2) is 0 Å². The summed E-state index contributed by atoms with van der Waals surface area (Å²) in [5.74, 6) is 0.846. The third-order valence-electron chi connectivity index (χ3n) is 4.00. The molecule has 0 radical (unpaired) electrons. The van der Waals surface area contributed by atoms with Gasteiger partial charge in [-0.3, -0.25) is 4.90 Å². The summed E-state index contributed by atoms with van der Waals surface area (Å²) in [6.07, 6.45) is 4.29. The van der Waals surface area contributed by atoms with Crippen molar-refractivity contribution in [2.24, 2.45) is 5.92 Å². The minimum absolute atomic E-state index is 0.713. The summed E-state index contributed by atoms with van der Waals surface area (Å²) in [6.45, 7) is 8.97. The van der Waals surface area contributed by atoms with E-state index in [-0.39, 0.29) is 0 Å². The first-order chi connectivity index (χ1) is 8.88. The Balaban J connectivity index is 1.58. The lowest BCUT2D eigenvalue weighted by molar-refractivity contribution is 0.0312. The van der Waals surface area contributed by atoms with Gasteiger partial charge in [-0.05, 0) is 38.3 Å². The van der Waals surface area contributed by atoms with Gasteiger partial charge in [0.05, 0.1) is 19.3 Å². The smallest absolute Gasteiger partial charge is 0.0621 e. The van der Waals surface area contributed by atoms with E-state index in [4.69, 9.17) is 10.00 Å². The van der Waals surface area contributed by atoms with Gasteiger partial charge in [0.1, 0.15) is 0 Å². The van der Waals surface area contributed by atoms with E-state index < -0.39 is 0 Å². The monoisotopic (exact) mass is 251 g/mol. The third kappa shape index (κ3) is 4.56. The van der Waals surface area contributed by atoms with Crippen LogP contribution in [0, 0.1) is 17.2 Å². The highest BCUT2D eigenvalue weighted by Gasteiger charge is 2.24. The van der Waals surface area contributed by atoms with Crippen molar-refractivity contribution in [1.29, 1.82) is 5.26 Å². The van der Waals surface area contributed by atoms with Gasteiger partial charge < -0.3 is 9.64 Å². The molecule has 0 spiro atoms. The third-order valence-corrected chi connectivity index (χ3v) is 4.00. The molecule has 0 aromatic heterocycles.